The Morgan fingerprint density at radius 3 is 2.88 bits per heavy atom. The molecule has 0 aromatic carbocycles. The highest BCUT2D eigenvalue weighted by atomic mass is 32.1. The van der Waals surface area contributed by atoms with Crippen molar-refractivity contribution in [2.24, 2.45) is 0 Å². The molecule has 0 bridgehead atoms. The third-order valence-corrected chi connectivity index (χ3v) is 1.43. The second-order valence-electron chi connectivity index (χ2n) is 1.78. The maximum atomic E-state index is 4.09. The van der Waals surface area contributed by atoms with Gasteiger partial charge >= 0.3 is 0 Å². The van der Waals surface area contributed by atoms with Crippen molar-refractivity contribution in [2.75, 3.05) is 12.3 Å². The quantitative estimate of drug-likeness (QED) is 0.430. The van der Waals surface area contributed by atoms with Crippen LogP contribution in [0.15, 0.2) is 12.7 Å². The van der Waals surface area contributed by atoms with Gasteiger partial charge < -0.3 is 5.32 Å². The Hall–Kier alpha value is 0.0500. The summed E-state index contributed by atoms with van der Waals surface area (Å²) < 4.78 is 0. The topological polar surface area (TPSA) is 12.0 Å². The Morgan fingerprint density at radius 1 is 1.88 bits per heavy atom. The van der Waals surface area contributed by atoms with Crippen LogP contribution in [0.2, 0.25) is 0 Å². The molecule has 1 unspecified atom stereocenters. The van der Waals surface area contributed by atoms with Crippen molar-refractivity contribution in [3.05, 3.63) is 12.7 Å². The molecule has 1 N–H and O–H groups in total. The zero-order chi connectivity index (χ0) is 6.41. The minimum absolute atomic E-state index is 0.497. The zero-order valence-corrected chi connectivity index (χ0v) is 6.12. The van der Waals surface area contributed by atoms with Crippen LogP contribution in [0.1, 0.15) is 6.92 Å². The first-order chi connectivity index (χ1) is 3.81. The summed E-state index contributed by atoms with van der Waals surface area (Å²) >= 11 is 4.09. The lowest BCUT2D eigenvalue weighted by molar-refractivity contribution is 0.642. The van der Waals surface area contributed by atoms with Gasteiger partial charge in [-0.1, -0.05) is 6.08 Å². The molecule has 0 amide bonds. The van der Waals surface area contributed by atoms with Gasteiger partial charge in [-0.3, -0.25) is 0 Å². The van der Waals surface area contributed by atoms with Crippen molar-refractivity contribution >= 4 is 12.6 Å². The summed E-state index contributed by atoms with van der Waals surface area (Å²) in [5.41, 5.74) is 0. The standard InChI is InChI=1S/C6H13NS/c1-3-4-7-6(2)5-8/h3,6-8H,1,4-5H2,2H3. The Kier molecular flexibility index (Phi) is 5.22. The Morgan fingerprint density at radius 2 is 2.50 bits per heavy atom. The van der Waals surface area contributed by atoms with E-state index in [0.29, 0.717) is 6.04 Å². The van der Waals surface area contributed by atoms with Crippen molar-refractivity contribution in [3.63, 3.8) is 0 Å². The Balaban J connectivity index is 2.97. The van der Waals surface area contributed by atoms with Crippen LogP contribution >= 0.6 is 12.6 Å². The lowest BCUT2D eigenvalue weighted by atomic mass is 10.4. The molecule has 8 heavy (non-hydrogen) atoms. The van der Waals surface area contributed by atoms with Gasteiger partial charge in [0.2, 0.25) is 0 Å². The smallest absolute Gasteiger partial charge is 0.0135 e. The molecule has 0 rings (SSSR count). The van der Waals surface area contributed by atoms with Crippen LogP contribution in [-0.2, 0) is 0 Å². The van der Waals surface area contributed by atoms with Crippen molar-refractivity contribution in [1.82, 2.24) is 5.32 Å². The summed E-state index contributed by atoms with van der Waals surface area (Å²) in [5, 5.41) is 3.19. The third-order valence-electron chi connectivity index (χ3n) is 0.885. The van der Waals surface area contributed by atoms with Gasteiger partial charge in [0, 0.05) is 18.3 Å². The second-order valence-corrected chi connectivity index (χ2v) is 2.15. The van der Waals surface area contributed by atoms with E-state index in [0.717, 1.165) is 12.3 Å². The molecule has 0 aliphatic carbocycles. The van der Waals surface area contributed by atoms with Gasteiger partial charge in [0.1, 0.15) is 0 Å². The van der Waals surface area contributed by atoms with E-state index in [2.05, 4.69) is 31.4 Å². The van der Waals surface area contributed by atoms with Gasteiger partial charge in [0.05, 0.1) is 0 Å². The summed E-state index contributed by atoms with van der Waals surface area (Å²) in [6.07, 6.45) is 1.85. The van der Waals surface area contributed by atoms with E-state index in [1.807, 2.05) is 6.08 Å². The molecular formula is C6H13NS. The highest BCUT2D eigenvalue weighted by molar-refractivity contribution is 7.80. The summed E-state index contributed by atoms with van der Waals surface area (Å²) in [7, 11) is 0. The van der Waals surface area contributed by atoms with Crippen LogP contribution in [0.4, 0.5) is 0 Å². The van der Waals surface area contributed by atoms with Gasteiger partial charge in [-0.25, -0.2) is 0 Å². The van der Waals surface area contributed by atoms with Gasteiger partial charge in [0.15, 0.2) is 0 Å². The number of hydrogen-bond donors (Lipinski definition) is 2. The van der Waals surface area contributed by atoms with Crippen LogP contribution in [0, 0.1) is 0 Å². The molecule has 0 saturated carbocycles. The SMILES string of the molecule is C=CCNC(C)CS. The summed E-state index contributed by atoms with van der Waals surface area (Å²) in [6, 6.07) is 0.497. The number of thiol groups is 1. The molecule has 0 aromatic rings. The Labute approximate surface area is 56.6 Å². The molecule has 0 aromatic heterocycles. The molecule has 2 heteroatoms. The van der Waals surface area contributed by atoms with Crippen LogP contribution in [0.5, 0.6) is 0 Å². The second kappa shape index (κ2) is 5.19. The summed E-state index contributed by atoms with van der Waals surface area (Å²) in [5.74, 6) is 0.883. The molecule has 1 nitrogen and oxygen atoms in total. The fourth-order valence-corrected chi connectivity index (χ4v) is 0.478. The van der Waals surface area contributed by atoms with Crippen molar-refractivity contribution < 1.29 is 0 Å². The molecule has 0 radical (unpaired) electrons. The molecule has 0 heterocycles. The predicted octanol–water partition coefficient (Wildman–Crippen LogP) is 1.08. The summed E-state index contributed by atoms with van der Waals surface area (Å²) in [6.45, 7) is 6.55. The van der Waals surface area contributed by atoms with Crippen LogP contribution in [0.25, 0.3) is 0 Å². The van der Waals surface area contributed by atoms with E-state index < -0.39 is 0 Å². The average molecular weight is 131 g/mol. The van der Waals surface area contributed by atoms with Gasteiger partial charge in [-0.15, -0.1) is 6.58 Å². The average Bonchev–Trinajstić information content (AvgIpc) is 1.83. The van der Waals surface area contributed by atoms with Gasteiger partial charge in [-0.05, 0) is 6.92 Å². The number of hydrogen-bond acceptors (Lipinski definition) is 2. The largest absolute Gasteiger partial charge is 0.310 e. The lowest BCUT2D eigenvalue weighted by Crippen LogP contribution is -2.27. The molecular weight excluding hydrogens is 118 g/mol. The van der Waals surface area contributed by atoms with Crippen molar-refractivity contribution in [2.45, 2.75) is 13.0 Å². The third kappa shape index (κ3) is 4.22. The minimum atomic E-state index is 0.497. The van der Waals surface area contributed by atoms with E-state index in [-0.39, 0.29) is 0 Å². The van der Waals surface area contributed by atoms with E-state index in [9.17, 15) is 0 Å². The normalized spacial score (nSPS) is 13.2. The minimum Gasteiger partial charge on any atom is -0.310 e. The first kappa shape index (κ1) is 8.05. The predicted molar refractivity (Wildman–Crippen MR) is 41.5 cm³/mol. The van der Waals surface area contributed by atoms with Crippen LogP contribution in [0.3, 0.4) is 0 Å². The van der Waals surface area contributed by atoms with E-state index >= 15 is 0 Å². The van der Waals surface area contributed by atoms with Crippen LogP contribution in [-0.4, -0.2) is 18.3 Å². The van der Waals surface area contributed by atoms with E-state index in [4.69, 9.17) is 0 Å². The maximum Gasteiger partial charge on any atom is 0.0135 e. The Bertz CT molecular complexity index is 63.5. The fourth-order valence-electron chi connectivity index (χ4n) is 0.349. The fraction of sp³-hybridized carbons (Fsp3) is 0.667. The molecule has 0 spiro atoms. The van der Waals surface area contributed by atoms with Crippen LogP contribution < -0.4 is 5.32 Å². The molecule has 0 saturated heterocycles. The van der Waals surface area contributed by atoms with Gasteiger partial charge in [0.25, 0.3) is 0 Å². The first-order valence-electron chi connectivity index (χ1n) is 2.76. The highest BCUT2D eigenvalue weighted by Crippen LogP contribution is 1.82. The number of rotatable bonds is 4. The van der Waals surface area contributed by atoms with Gasteiger partial charge in [-0.2, -0.15) is 12.6 Å². The summed E-state index contributed by atoms with van der Waals surface area (Å²) in [4.78, 5) is 0. The molecule has 0 fully saturated rings. The highest BCUT2D eigenvalue weighted by Gasteiger charge is 1.91. The van der Waals surface area contributed by atoms with E-state index in [1.54, 1.807) is 0 Å². The molecule has 0 aliphatic heterocycles. The zero-order valence-electron chi connectivity index (χ0n) is 5.22. The monoisotopic (exact) mass is 131 g/mol. The van der Waals surface area contributed by atoms with E-state index in [1.165, 1.54) is 0 Å². The maximum absolute atomic E-state index is 4.09. The van der Waals surface area contributed by atoms with Crippen molar-refractivity contribution in [1.29, 1.82) is 0 Å². The molecule has 48 valence electrons. The first-order valence-corrected chi connectivity index (χ1v) is 3.39. The lowest BCUT2D eigenvalue weighted by Gasteiger charge is -2.06. The number of nitrogens with one attached hydrogen (secondary N) is 1. The molecule has 0 aliphatic rings. The van der Waals surface area contributed by atoms with Crippen molar-refractivity contribution in [3.8, 4) is 0 Å². The molecule has 1 atom stereocenters.